The van der Waals surface area contributed by atoms with Gasteiger partial charge >= 0.3 is 5.69 Å². The number of nitrogens with one attached hydrogen (secondary N) is 2. The van der Waals surface area contributed by atoms with Gasteiger partial charge in [-0.1, -0.05) is 17.7 Å². The van der Waals surface area contributed by atoms with E-state index in [0.717, 1.165) is 35.1 Å². The summed E-state index contributed by atoms with van der Waals surface area (Å²) in [5, 5.41) is -0.0184. The van der Waals surface area contributed by atoms with Gasteiger partial charge in [-0.25, -0.2) is 14.2 Å². The van der Waals surface area contributed by atoms with Gasteiger partial charge in [0.15, 0.2) is 5.82 Å². The molecule has 4 N–H and O–H groups in total. The van der Waals surface area contributed by atoms with E-state index < -0.39 is 5.82 Å². The van der Waals surface area contributed by atoms with Crippen molar-refractivity contribution in [3.8, 4) is 11.3 Å². The number of halogens is 2. The first-order valence-electron chi connectivity index (χ1n) is 11.3. The summed E-state index contributed by atoms with van der Waals surface area (Å²) in [6, 6.07) is 8.40. The molecule has 4 aromatic rings. The third kappa shape index (κ3) is 3.37. The SMILES string of the molecule is Cn1c(=O)[nH]c2cc(-c3cnc([C@@H]4CCC5CC(c6c(N)ccc(Cl)c6F)=CC(=O)N54)[nH]3)ccc21. The molecule has 2 aliphatic rings. The Kier molecular flexibility index (Phi) is 4.86. The van der Waals surface area contributed by atoms with E-state index >= 15 is 0 Å². The number of hydrogen-bond donors (Lipinski definition) is 3. The molecule has 0 aliphatic carbocycles. The summed E-state index contributed by atoms with van der Waals surface area (Å²) in [4.78, 5) is 37.7. The highest BCUT2D eigenvalue weighted by molar-refractivity contribution is 6.31. The Bertz CT molecular complexity index is 1600. The molecule has 0 saturated carbocycles. The molecule has 35 heavy (non-hydrogen) atoms. The number of aromatic nitrogens is 4. The molecule has 178 valence electrons. The van der Waals surface area contributed by atoms with Gasteiger partial charge in [-0.2, -0.15) is 0 Å². The highest BCUT2D eigenvalue weighted by atomic mass is 35.5. The van der Waals surface area contributed by atoms with Gasteiger partial charge in [0.05, 0.1) is 34.0 Å². The predicted octanol–water partition coefficient (Wildman–Crippen LogP) is 4.15. The number of aromatic amines is 2. The fourth-order valence-electron chi connectivity index (χ4n) is 5.35. The Balaban J connectivity index is 1.30. The monoisotopic (exact) mass is 492 g/mol. The van der Waals surface area contributed by atoms with Crippen LogP contribution < -0.4 is 11.4 Å². The van der Waals surface area contributed by atoms with Crippen molar-refractivity contribution < 1.29 is 9.18 Å². The zero-order valence-corrected chi connectivity index (χ0v) is 19.6. The van der Waals surface area contributed by atoms with Crippen LogP contribution in [0, 0.1) is 5.82 Å². The minimum Gasteiger partial charge on any atom is -0.398 e. The van der Waals surface area contributed by atoms with E-state index in [0.29, 0.717) is 17.8 Å². The fourth-order valence-corrected chi connectivity index (χ4v) is 5.50. The van der Waals surface area contributed by atoms with Crippen LogP contribution in [0.5, 0.6) is 0 Å². The lowest BCUT2D eigenvalue weighted by Gasteiger charge is -2.33. The van der Waals surface area contributed by atoms with Gasteiger partial charge in [-0.05, 0) is 49.1 Å². The average Bonchev–Trinajstić information content (AvgIpc) is 3.54. The molecule has 0 bridgehead atoms. The van der Waals surface area contributed by atoms with Crippen LogP contribution in [0.25, 0.3) is 27.9 Å². The number of carbonyl (C=O) groups is 1. The number of rotatable bonds is 3. The van der Waals surface area contributed by atoms with Crippen molar-refractivity contribution in [1.82, 2.24) is 24.4 Å². The average molecular weight is 493 g/mol. The first-order valence-corrected chi connectivity index (χ1v) is 11.7. The van der Waals surface area contributed by atoms with E-state index in [1.165, 1.54) is 12.1 Å². The van der Waals surface area contributed by atoms with Crippen molar-refractivity contribution in [3.63, 3.8) is 0 Å². The molecular formula is C25H22ClFN6O2. The summed E-state index contributed by atoms with van der Waals surface area (Å²) >= 11 is 5.97. The van der Waals surface area contributed by atoms with Crippen LogP contribution in [0.1, 0.15) is 36.7 Å². The number of benzene rings is 2. The van der Waals surface area contributed by atoms with E-state index in [4.69, 9.17) is 17.3 Å². The van der Waals surface area contributed by atoms with Crippen molar-refractivity contribution in [2.75, 3.05) is 5.73 Å². The van der Waals surface area contributed by atoms with Gasteiger partial charge in [0.25, 0.3) is 0 Å². The molecule has 2 aliphatic heterocycles. The number of nitrogens with two attached hydrogens (primary N) is 1. The quantitative estimate of drug-likeness (QED) is 0.373. The van der Waals surface area contributed by atoms with Crippen molar-refractivity contribution in [2.24, 2.45) is 7.05 Å². The third-order valence-corrected chi connectivity index (χ3v) is 7.38. The lowest BCUT2D eigenvalue weighted by molar-refractivity contribution is -0.129. The van der Waals surface area contributed by atoms with Crippen LogP contribution in [-0.2, 0) is 11.8 Å². The summed E-state index contributed by atoms with van der Waals surface area (Å²) in [5.41, 5.74) is 10.1. The smallest absolute Gasteiger partial charge is 0.326 e. The van der Waals surface area contributed by atoms with Crippen molar-refractivity contribution in [3.05, 3.63) is 75.3 Å². The molecule has 1 saturated heterocycles. The number of nitrogen functional groups attached to an aromatic ring is 1. The summed E-state index contributed by atoms with van der Waals surface area (Å²) in [5.74, 6) is -0.0947. The molecule has 2 aromatic heterocycles. The van der Waals surface area contributed by atoms with Crippen LogP contribution in [0.3, 0.4) is 0 Å². The van der Waals surface area contributed by atoms with E-state index in [-0.39, 0.29) is 40.0 Å². The number of fused-ring (bicyclic) bond motifs is 2. The summed E-state index contributed by atoms with van der Waals surface area (Å²) in [7, 11) is 1.72. The minimum atomic E-state index is -0.596. The van der Waals surface area contributed by atoms with E-state index in [2.05, 4.69) is 15.0 Å². The molecule has 4 heterocycles. The first-order chi connectivity index (χ1) is 16.8. The van der Waals surface area contributed by atoms with Crippen molar-refractivity contribution in [1.29, 1.82) is 0 Å². The molecule has 0 radical (unpaired) electrons. The Morgan fingerprint density at radius 2 is 2.00 bits per heavy atom. The second-order valence-corrected chi connectivity index (χ2v) is 9.50. The number of amides is 1. The van der Waals surface area contributed by atoms with E-state index in [9.17, 15) is 14.0 Å². The number of imidazole rings is 2. The Hall–Kier alpha value is -3.85. The zero-order valence-electron chi connectivity index (χ0n) is 18.8. The maximum absolute atomic E-state index is 14.7. The summed E-state index contributed by atoms with van der Waals surface area (Å²) in [6.45, 7) is 0. The Morgan fingerprint density at radius 3 is 2.83 bits per heavy atom. The first kappa shape index (κ1) is 21.7. The Morgan fingerprint density at radius 1 is 1.17 bits per heavy atom. The number of hydrogen-bond acceptors (Lipinski definition) is 4. The highest BCUT2D eigenvalue weighted by Crippen LogP contribution is 2.44. The molecule has 0 spiro atoms. The fraction of sp³-hybridized carbons (Fsp3) is 0.240. The van der Waals surface area contributed by atoms with Gasteiger partial charge in [-0.15, -0.1) is 0 Å². The number of aryl methyl sites for hydroxylation is 1. The second-order valence-electron chi connectivity index (χ2n) is 9.09. The Labute approximate surface area is 204 Å². The van der Waals surface area contributed by atoms with Gasteiger partial charge < -0.3 is 20.6 Å². The second kappa shape index (κ2) is 7.84. The van der Waals surface area contributed by atoms with Gasteiger partial charge in [0.2, 0.25) is 5.91 Å². The normalized spacial score (nSPS) is 19.9. The van der Waals surface area contributed by atoms with Gasteiger partial charge in [0.1, 0.15) is 5.82 Å². The van der Waals surface area contributed by atoms with E-state index in [1.807, 2.05) is 23.1 Å². The molecule has 2 atom stereocenters. The van der Waals surface area contributed by atoms with Gasteiger partial charge in [0, 0.05) is 36.0 Å². The molecule has 2 aromatic carbocycles. The third-order valence-electron chi connectivity index (χ3n) is 7.08. The number of nitrogens with zero attached hydrogens (tertiary/aromatic N) is 3. The molecule has 1 amide bonds. The van der Waals surface area contributed by atoms with Crippen LogP contribution in [0.4, 0.5) is 10.1 Å². The van der Waals surface area contributed by atoms with Crippen LogP contribution >= 0.6 is 11.6 Å². The zero-order chi connectivity index (χ0) is 24.4. The number of H-pyrrole nitrogens is 2. The highest BCUT2D eigenvalue weighted by Gasteiger charge is 2.42. The molecular weight excluding hydrogens is 471 g/mol. The summed E-state index contributed by atoms with van der Waals surface area (Å²) in [6.07, 6.45) is 5.20. The molecule has 8 nitrogen and oxygen atoms in total. The molecule has 10 heteroatoms. The van der Waals surface area contributed by atoms with Gasteiger partial charge in [-0.3, -0.25) is 9.36 Å². The predicted molar refractivity (Wildman–Crippen MR) is 132 cm³/mol. The van der Waals surface area contributed by atoms with Crippen LogP contribution in [-0.4, -0.2) is 36.4 Å². The topological polar surface area (TPSA) is 113 Å². The number of anilines is 1. The number of carbonyl (C=O) groups excluding carboxylic acids is 1. The molecule has 6 rings (SSSR count). The van der Waals surface area contributed by atoms with E-state index in [1.54, 1.807) is 23.9 Å². The maximum atomic E-state index is 14.7. The van der Waals surface area contributed by atoms with Crippen LogP contribution in [0.2, 0.25) is 5.02 Å². The lowest BCUT2D eigenvalue weighted by atomic mass is 9.92. The lowest BCUT2D eigenvalue weighted by Crippen LogP contribution is -2.39. The van der Waals surface area contributed by atoms with Crippen LogP contribution in [0.15, 0.2) is 47.4 Å². The van der Waals surface area contributed by atoms with Crippen molar-refractivity contribution in [2.45, 2.75) is 31.3 Å². The minimum absolute atomic E-state index is 0.0184. The standard InChI is InChI=1S/C25H22ClFN6O2/c1-32-19-6-2-12(9-17(19)31-25(32)35)18-11-29-24(30-18)20-7-3-14-8-13(10-21(34)33(14)20)22-16(28)5-4-15(26)23(22)27/h2,4-6,9-11,14,20H,3,7-8,28H2,1H3,(H,29,30)(H,31,35)/t14?,20-/m0/s1. The largest absolute Gasteiger partial charge is 0.398 e. The van der Waals surface area contributed by atoms with Crippen molar-refractivity contribution >= 4 is 39.8 Å². The molecule has 1 unspecified atom stereocenters. The summed E-state index contributed by atoms with van der Waals surface area (Å²) < 4.78 is 16.3. The molecule has 1 fully saturated rings. The maximum Gasteiger partial charge on any atom is 0.326 e.